The minimum atomic E-state index is -0.133. The van der Waals surface area contributed by atoms with Crippen molar-refractivity contribution < 1.29 is 14.4 Å². The Morgan fingerprint density at radius 3 is 2.39 bits per heavy atom. The lowest BCUT2D eigenvalue weighted by Gasteiger charge is -2.06. The zero-order valence-corrected chi connectivity index (χ0v) is 14.1. The van der Waals surface area contributed by atoms with Crippen molar-refractivity contribution in [2.24, 2.45) is 0 Å². The molecule has 1 aromatic carbocycles. The van der Waals surface area contributed by atoms with Crippen molar-refractivity contribution in [3.05, 3.63) is 24.3 Å². The van der Waals surface area contributed by atoms with E-state index in [1.54, 1.807) is 24.3 Å². The highest BCUT2D eigenvalue weighted by molar-refractivity contribution is 8.14. The van der Waals surface area contributed by atoms with E-state index < -0.39 is 0 Å². The lowest BCUT2D eigenvalue weighted by atomic mass is 9.96. The second-order valence-corrected chi connectivity index (χ2v) is 6.26. The topological polar surface area (TPSA) is 75.3 Å². The van der Waals surface area contributed by atoms with Crippen LogP contribution in [0.4, 0.5) is 5.69 Å². The van der Waals surface area contributed by atoms with Crippen LogP contribution >= 0.6 is 11.8 Å². The Hall–Kier alpha value is -1.76. The summed E-state index contributed by atoms with van der Waals surface area (Å²) in [6, 6.07) is 7.01. The van der Waals surface area contributed by atoms with E-state index >= 15 is 0 Å². The highest BCUT2D eigenvalue weighted by Gasteiger charge is 2.04. The smallest absolute Gasteiger partial charge is 0.230 e. The van der Waals surface area contributed by atoms with Crippen molar-refractivity contribution in [3.63, 3.8) is 0 Å². The maximum Gasteiger partial charge on any atom is 0.230 e. The van der Waals surface area contributed by atoms with Gasteiger partial charge in [-0.3, -0.25) is 14.4 Å². The molecular weight excluding hydrogens is 311 g/mol. The second kappa shape index (κ2) is 10.9. The third-order valence-corrected chi connectivity index (χ3v) is 3.82. The van der Waals surface area contributed by atoms with E-state index in [9.17, 15) is 14.4 Å². The zero-order chi connectivity index (χ0) is 17.1. The first-order valence-corrected chi connectivity index (χ1v) is 8.51. The van der Waals surface area contributed by atoms with Gasteiger partial charge in [-0.1, -0.05) is 35.8 Å². The summed E-state index contributed by atoms with van der Waals surface area (Å²) in [6.07, 6.45) is 2.87. The van der Waals surface area contributed by atoms with Crippen LogP contribution in [0.1, 0.15) is 32.6 Å². The van der Waals surface area contributed by atoms with Crippen molar-refractivity contribution >= 4 is 47.7 Å². The molecule has 1 aromatic rings. The number of rotatable bonds is 9. The van der Waals surface area contributed by atoms with Crippen LogP contribution in [0.25, 0.3) is 0 Å². The molecule has 0 saturated heterocycles. The summed E-state index contributed by atoms with van der Waals surface area (Å²) >= 11 is 1.00. The highest BCUT2D eigenvalue weighted by atomic mass is 32.2. The summed E-state index contributed by atoms with van der Waals surface area (Å²) < 4.78 is 0. The van der Waals surface area contributed by atoms with E-state index in [0.29, 0.717) is 18.4 Å². The molecule has 0 fully saturated rings. The zero-order valence-electron chi connectivity index (χ0n) is 13.3. The summed E-state index contributed by atoms with van der Waals surface area (Å²) in [5.41, 5.74) is 1.39. The first-order chi connectivity index (χ1) is 11.0. The van der Waals surface area contributed by atoms with Gasteiger partial charge in [-0.25, -0.2) is 0 Å². The molecule has 0 aliphatic carbocycles. The first-order valence-electron chi connectivity index (χ1n) is 7.53. The Kier molecular flexibility index (Phi) is 9.13. The number of hydrogen-bond donors (Lipinski definition) is 2. The maximum absolute atomic E-state index is 11.7. The van der Waals surface area contributed by atoms with E-state index in [1.165, 1.54) is 6.92 Å². The number of anilines is 1. The fourth-order valence-corrected chi connectivity index (χ4v) is 2.26. The summed E-state index contributed by atoms with van der Waals surface area (Å²) in [7, 11) is 5.58. The number of nitrogens with one attached hydrogen (secondary N) is 2. The van der Waals surface area contributed by atoms with Crippen molar-refractivity contribution in [2.45, 2.75) is 32.6 Å². The van der Waals surface area contributed by atoms with Gasteiger partial charge in [0.05, 0.1) is 5.75 Å². The minimum Gasteiger partial charge on any atom is -0.355 e. The SMILES string of the molecule is [B]c1ccc(NC(=O)CCCCCNC(=O)CSC(C)=O)cc1. The van der Waals surface area contributed by atoms with Crippen LogP contribution in [0.2, 0.25) is 0 Å². The van der Waals surface area contributed by atoms with Crippen LogP contribution in [-0.4, -0.2) is 37.1 Å². The number of carbonyl (C=O) groups excluding carboxylic acids is 3. The Bertz CT molecular complexity index is 535. The van der Waals surface area contributed by atoms with Crippen LogP contribution in [0, 0.1) is 0 Å². The Balaban J connectivity index is 2.04. The average molecular weight is 332 g/mol. The third kappa shape index (κ3) is 9.78. The van der Waals surface area contributed by atoms with Gasteiger partial charge in [-0.05, 0) is 25.0 Å². The van der Waals surface area contributed by atoms with Gasteiger partial charge >= 0.3 is 0 Å². The number of thioether (sulfide) groups is 1. The van der Waals surface area contributed by atoms with Crippen molar-refractivity contribution in [3.8, 4) is 0 Å². The molecule has 122 valence electrons. The number of hydrogen-bond acceptors (Lipinski definition) is 4. The predicted molar refractivity (Wildman–Crippen MR) is 95.1 cm³/mol. The fourth-order valence-electron chi connectivity index (χ4n) is 1.82. The molecule has 0 bridgehead atoms. The molecule has 0 aromatic heterocycles. The van der Waals surface area contributed by atoms with Gasteiger partial charge in [0.15, 0.2) is 5.12 Å². The summed E-state index contributed by atoms with van der Waals surface area (Å²) in [5, 5.41) is 5.49. The van der Waals surface area contributed by atoms with Crippen LogP contribution in [-0.2, 0) is 14.4 Å². The quantitative estimate of drug-likeness (QED) is 0.529. The molecule has 0 heterocycles. The molecule has 23 heavy (non-hydrogen) atoms. The van der Waals surface area contributed by atoms with E-state index in [-0.39, 0.29) is 22.7 Å². The molecule has 0 aliphatic heterocycles. The van der Waals surface area contributed by atoms with E-state index in [4.69, 9.17) is 7.85 Å². The van der Waals surface area contributed by atoms with Crippen LogP contribution in [0.3, 0.4) is 0 Å². The molecule has 2 radical (unpaired) electrons. The number of unbranched alkanes of at least 4 members (excludes halogenated alkanes) is 2. The van der Waals surface area contributed by atoms with Gasteiger partial charge in [0.25, 0.3) is 0 Å². The fraction of sp³-hybridized carbons (Fsp3) is 0.438. The number of amides is 2. The average Bonchev–Trinajstić information content (AvgIpc) is 2.51. The molecule has 1 rings (SSSR count). The summed E-state index contributed by atoms with van der Waals surface area (Å²) in [5.74, 6) is 0.00207. The normalized spacial score (nSPS) is 10.1. The predicted octanol–water partition coefficient (Wildman–Crippen LogP) is 1.38. The van der Waals surface area contributed by atoms with Gasteiger partial charge < -0.3 is 10.6 Å². The molecule has 0 unspecified atom stereocenters. The molecule has 2 amide bonds. The Morgan fingerprint density at radius 1 is 1.04 bits per heavy atom. The van der Waals surface area contributed by atoms with Gasteiger partial charge in [-0.15, -0.1) is 0 Å². The lowest BCUT2D eigenvalue weighted by Crippen LogP contribution is -2.26. The van der Waals surface area contributed by atoms with E-state index in [2.05, 4.69) is 10.6 Å². The Labute approximate surface area is 142 Å². The molecule has 0 spiro atoms. The molecule has 2 N–H and O–H groups in total. The van der Waals surface area contributed by atoms with E-state index in [1.807, 2.05) is 0 Å². The number of benzene rings is 1. The van der Waals surface area contributed by atoms with Crippen molar-refractivity contribution in [1.29, 1.82) is 0 Å². The lowest BCUT2D eigenvalue weighted by molar-refractivity contribution is -0.119. The molecule has 0 atom stereocenters. The highest BCUT2D eigenvalue weighted by Crippen LogP contribution is 2.06. The molecule has 5 nitrogen and oxygen atoms in total. The van der Waals surface area contributed by atoms with Gasteiger partial charge in [-0.2, -0.15) is 0 Å². The molecular formula is C16H21BN2O3S. The largest absolute Gasteiger partial charge is 0.355 e. The molecule has 0 aliphatic rings. The van der Waals surface area contributed by atoms with Gasteiger partial charge in [0, 0.05) is 25.6 Å². The monoisotopic (exact) mass is 332 g/mol. The standard InChI is InChI=1S/C16H21BN2O3S/c1-12(20)23-11-16(22)18-10-4-2-3-5-15(21)19-14-8-6-13(17)7-9-14/h6-9H,2-5,10-11H2,1H3,(H,18,22)(H,19,21). The maximum atomic E-state index is 11.7. The minimum absolute atomic E-state index is 0.0309. The van der Waals surface area contributed by atoms with Gasteiger partial charge in [0.2, 0.25) is 11.8 Å². The van der Waals surface area contributed by atoms with Crippen LogP contribution in [0.5, 0.6) is 0 Å². The molecule has 7 heteroatoms. The first kappa shape index (κ1) is 19.3. The Morgan fingerprint density at radius 2 is 1.74 bits per heavy atom. The molecule has 0 saturated carbocycles. The summed E-state index contributed by atoms with van der Waals surface area (Å²) in [4.78, 5) is 33.8. The van der Waals surface area contributed by atoms with Crippen molar-refractivity contribution in [1.82, 2.24) is 5.32 Å². The van der Waals surface area contributed by atoms with Crippen LogP contribution < -0.4 is 16.1 Å². The van der Waals surface area contributed by atoms with Crippen LogP contribution in [0.15, 0.2) is 24.3 Å². The summed E-state index contributed by atoms with van der Waals surface area (Å²) in [6.45, 7) is 2.00. The third-order valence-electron chi connectivity index (χ3n) is 3.00. The van der Waals surface area contributed by atoms with Crippen molar-refractivity contribution in [2.75, 3.05) is 17.6 Å². The van der Waals surface area contributed by atoms with Gasteiger partial charge in [0.1, 0.15) is 7.85 Å². The van der Waals surface area contributed by atoms with E-state index in [0.717, 1.165) is 36.7 Å². The second-order valence-electron chi connectivity index (χ2n) is 5.11. The number of carbonyl (C=O) groups is 3.